The molecular weight excluding hydrogens is 675 g/mol. The maximum absolute atomic E-state index is 13.5. The summed E-state index contributed by atoms with van der Waals surface area (Å²) in [5.41, 5.74) is 1.75. The first-order valence-corrected chi connectivity index (χ1v) is 18.3. The van der Waals surface area contributed by atoms with Crippen LogP contribution in [-0.4, -0.2) is 104 Å². The number of aliphatic carboxylic acids is 1. The monoisotopic (exact) mass is 723 g/mol. The van der Waals surface area contributed by atoms with E-state index in [0.29, 0.717) is 22.0 Å². The number of β-lactam (4-membered cyclic amide) rings is 1. The van der Waals surface area contributed by atoms with Crippen molar-refractivity contribution in [2.75, 3.05) is 39.8 Å². The largest absolute Gasteiger partial charge is 0.543 e. The normalized spacial score (nSPS) is 19.6. The zero-order chi connectivity index (χ0) is 37.2. The molecule has 3 heterocycles. The molecule has 2 atom stereocenters. The number of ether oxygens (including phenoxy) is 1. The van der Waals surface area contributed by atoms with E-state index in [1.807, 2.05) is 53.7 Å². The lowest BCUT2D eigenvalue weighted by molar-refractivity contribution is -0.884. The molecule has 2 aromatic carbocycles. The number of methoxy groups -OCH3 is 1. The molecular formula is C36H49N7O5S2. The van der Waals surface area contributed by atoms with Gasteiger partial charge in [0, 0.05) is 48.6 Å². The summed E-state index contributed by atoms with van der Waals surface area (Å²) >= 11 is 2.65. The number of aromatic hydroxyl groups is 1. The number of benzene rings is 2. The number of fused-ring (bicyclic) bond motifs is 1. The average Bonchev–Trinajstić information content (AvgIpc) is 3.43. The number of carboxylic acid groups (broad SMARTS) is 1. The number of hydrogen-bond acceptors (Lipinski definition) is 11. The van der Waals surface area contributed by atoms with Crippen LogP contribution in [0.3, 0.4) is 0 Å². The second-order valence-corrected chi connectivity index (χ2v) is 17.5. The van der Waals surface area contributed by atoms with Crippen molar-refractivity contribution in [2.45, 2.75) is 75.2 Å². The highest BCUT2D eigenvalue weighted by Gasteiger charge is 2.65. The number of rotatable bonds is 9. The first-order valence-electron chi connectivity index (χ1n) is 16.3. The Kier molecular flexibility index (Phi) is 11.6. The Labute approximate surface area is 303 Å². The SMILES string of the molecule is CO[C@@]1(N=Cc2cc(C(C)(C)C)c(O)c(C(C)(C)C)c2)C(=O)N2C(C(=O)[O-])=C(CSc3nnnn3C)CS[C@@H]21.C[N+](C)(C)Cc1ccccc1. The molecule has 3 aromatic rings. The van der Waals surface area contributed by atoms with Crippen LogP contribution in [0.1, 0.15) is 63.8 Å². The molecule has 270 valence electrons. The molecule has 0 bridgehead atoms. The smallest absolute Gasteiger partial charge is 0.286 e. The van der Waals surface area contributed by atoms with Crippen LogP contribution in [-0.2, 0) is 38.7 Å². The van der Waals surface area contributed by atoms with E-state index in [1.54, 1.807) is 13.3 Å². The molecule has 50 heavy (non-hydrogen) atoms. The number of carbonyl (C=O) groups excluding carboxylic acids is 2. The number of phenols is 1. The summed E-state index contributed by atoms with van der Waals surface area (Å²) in [5, 5.41) is 34.3. The molecule has 0 spiro atoms. The maximum Gasteiger partial charge on any atom is 0.286 e. The fourth-order valence-corrected chi connectivity index (χ4v) is 8.12. The van der Waals surface area contributed by atoms with Crippen molar-refractivity contribution < 1.29 is 29.0 Å². The molecule has 12 nitrogen and oxygen atoms in total. The average molecular weight is 724 g/mol. The Bertz CT molecular complexity index is 1740. The molecule has 0 aliphatic carbocycles. The number of aliphatic imine (C=N–C) groups is 1. The van der Waals surface area contributed by atoms with Gasteiger partial charge in [0.1, 0.15) is 17.7 Å². The van der Waals surface area contributed by atoms with Crippen LogP contribution >= 0.6 is 23.5 Å². The topological polar surface area (TPSA) is 146 Å². The van der Waals surface area contributed by atoms with Crippen molar-refractivity contribution in [1.82, 2.24) is 25.1 Å². The van der Waals surface area contributed by atoms with Gasteiger partial charge < -0.3 is 24.2 Å². The lowest BCUT2D eigenvalue weighted by Crippen LogP contribution is -2.74. The van der Waals surface area contributed by atoms with E-state index in [4.69, 9.17) is 4.74 Å². The molecule has 2 aliphatic rings. The van der Waals surface area contributed by atoms with Crippen molar-refractivity contribution in [3.63, 3.8) is 0 Å². The lowest BCUT2D eigenvalue weighted by atomic mass is 9.78. The van der Waals surface area contributed by atoms with E-state index in [-0.39, 0.29) is 28.0 Å². The number of aryl methyl sites for hydroxylation is 1. The first-order chi connectivity index (χ1) is 23.2. The third-order valence-electron chi connectivity index (χ3n) is 8.20. The summed E-state index contributed by atoms with van der Waals surface area (Å²) in [5.74, 6) is -1.14. The molecule has 1 N–H and O–H groups in total. The van der Waals surface area contributed by atoms with Crippen LogP contribution in [0.2, 0.25) is 0 Å². The number of quaternary nitrogens is 1. The van der Waals surface area contributed by atoms with Crippen LogP contribution < -0.4 is 5.11 Å². The Balaban J connectivity index is 0.000000435. The van der Waals surface area contributed by atoms with E-state index < -0.39 is 23.0 Å². The number of tetrazole rings is 1. The van der Waals surface area contributed by atoms with Gasteiger partial charge in [0.2, 0.25) is 5.16 Å². The molecule has 1 aromatic heterocycles. The summed E-state index contributed by atoms with van der Waals surface area (Å²) < 4.78 is 8.14. The number of carboxylic acids is 1. The lowest BCUT2D eigenvalue weighted by Gasteiger charge is -2.54. The van der Waals surface area contributed by atoms with Crippen molar-refractivity contribution in [3.8, 4) is 5.75 Å². The van der Waals surface area contributed by atoms with E-state index in [1.165, 1.54) is 45.8 Å². The summed E-state index contributed by atoms with van der Waals surface area (Å²) in [7, 11) is 9.68. The van der Waals surface area contributed by atoms with E-state index in [9.17, 15) is 19.8 Å². The van der Waals surface area contributed by atoms with Gasteiger partial charge in [0.15, 0.2) is 0 Å². The van der Waals surface area contributed by atoms with Gasteiger partial charge in [0.25, 0.3) is 11.6 Å². The van der Waals surface area contributed by atoms with Crippen LogP contribution in [0.25, 0.3) is 0 Å². The highest BCUT2D eigenvalue weighted by Crippen LogP contribution is 2.49. The minimum Gasteiger partial charge on any atom is -0.543 e. The number of nitrogens with zero attached hydrogens (tertiary/aromatic N) is 7. The van der Waals surface area contributed by atoms with Crippen LogP contribution in [0.4, 0.5) is 0 Å². The molecule has 1 amide bonds. The Morgan fingerprint density at radius 3 is 2.22 bits per heavy atom. The van der Waals surface area contributed by atoms with Crippen molar-refractivity contribution in [1.29, 1.82) is 0 Å². The van der Waals surface area contributed by atoms with E-state index >= 15 is 0 Å². The predicted octanol–water partition coefficient (Wildman–Crippen LogP) is 3.88. The Morgan fingerprint density at radius 1 is 1.14 bits per heavy atom. The summed E-state index contributed by atoms with van der Waals surface area (Å²) in [4.78, 5) is 31.5. The second-order valence-electron chi connectivity index (χ2n) is 15.5. The fraction of sp³-hybridized carbons (Fsp3) is 0.500. The zero-order valence-corrected chi connectivity index (χ0v) is 32.5. The van der Waals surface area contributed by atoms with Gasteiger partial charge in [-0.2, -0.15) is 0 Å². The van der Waals surface area contributed by atoms with Gasteiger partial charge in [-0.15, -0.1) is 16.9 Å². The van der Waals surface area contributed by atoms with E-state index in [0.717, 1.165) is 22.2 Å². The Morgan fingerprint density at radius 2 is 1.74 bits per heavy atom. The number of carbonyl (C=O) groups is 2. The van der Waals surface area contributed by atoms with Gasteiger partial charge in [0.05, 0.1) is 32.8 Å². The highest BCUT2D eigenvalue weighted by molar-refractivity contribution is 8.01. The number of aromatic nitrogens is 4. The van der Waals surface area contributed by atoms with Gasteiger partial charge in [-0.25, -0.2) is 9.67 Å². The predicted molar refractivity (Wildman–Crippen MR) is 196 cm³/mol. The van der Waals surface area contributed by atoms with Crippen LogP contribution in [0, 0.1) is 0 Å². The molecule has 2 aliphatic heterocycles. The molecule has 0 radical (unpaired) electrons. The van der Waals surface area contributed by atoms with Gasteiger partial charge in [-0.1, -0.05) is 83.6 Å². The maximum atomic E-state index is 13.5. The fourth-order valence-electron chi connectivity index (χ4n) is 5.70. The Hall–Kier alpha value is -3.72. The first kappa shape index (κ1) is 39.1. The third kappa shape index (κ3) is 8.59. The van der Waals surface area contributed by atoms with Crippen LogP contribution in [0.5, 0.6) is 5.75 Å². The van der Waals surface area contributed by atoms with Crippen molar-refractivity contribution >= 4 is 41.6 Å². The molecule has 5 rings (SSSR count). The summed E-state index contributed by atoms with van der Waals surface area (Å²) in [6.07, 6.45) is 1.57. The molecule has 14 heteroatoms. The number of phenolic OH excluding ortho intramolecular Hbond substituents is 1. The summed E-state index contributed by atoms with van der Waals surface area (Å²) in [6, 6.07) is 14.3. The van der Waals surface area contributed by atoms with Crippen LogP contribution in [0.15, 0.2) is 63.9 Å². The highest BCUT2D eigenvalue weighted by atomic mass is 32.2. The molecule has 0 saturated carbocycles. The number of thioether (sulfide) groups is 2. The number of hydrogen-bond donors (Lipinski definition) is 1. The second kappa shape index (κ2) is 14.9. The van der Waals surface area contributed by atoms with Crippen molar-refractivity contribution in [2.24, 2.45) is 12.0 Å². The third-order valence-corrected chi connectivity index (χ3v) is 10.7. The van der Waals surface area contributed by atoms with Gasteiger partial charge in [-0.05, 0) is 44.5 Å². The molecule has 0 unspecified atom stereocenters. The minimum absolute atomic E-state index is 0.163. The molecule has 1 fully saturated rings. The molecule has 1 saturated heterocycles. The minimum atomic E-state index is -1.58. The summed E-state index contributed by atoms with van der Waals surface area (Å²) in [6.45, 7) is 13.2. The quantitative estimate of drug-likeness (QED) is 0.150. The zero-order valence-electron chi connectivity index (χ0n) is 30.8. The van der Waals surface area contributed by atoms with E-state index in [2.05, 4.69) is 72.0 Å². The number of amides is 1. The van der Waals surface area contributed by atoms with Crippen molar-refractivity contribution in [3.05, 3.63) is 76.0 Å². The standard InChI is InChI=1S/C26H34N6O5S2.C10H16N/c1-24(2,3)16-9-14(10-17(19(16)33)25(4,5)6)11-27-26(37-8)21(36)32-18(20(34)35)15(12-38-22(26)32)13-39-23-28-29-30-31(23)7;1-11(2,3)9-10-7-5-4-6-8-10/h9-11,22,33H,12-13H2,1-8H3,(H,34,35);4-8H,9H2,1-3H3/q;+1/p-1/t22-,26+;/m1./s1. The van der Waals surface area contributed by atoms with Gasteiger partial charge >= 0.3 is 0 Å². The van der Waals surface area contributed by atoms with Gasteiger partial charge in [-0.3, -0.25) is 9.69 Å².